The van der Waals surface area contributed by atoms with Gasteiger partial charge in [0.1, 0.15) is 0 Å². The van der Waals surface area contributed by atoms with Gasteiger partial charge in [0.05, 0.1) is 6.61 Å². The first-order valence-electron chi connectivity index (χ1n) is 7.17. The van der Waals surface area contributed by atoms with E-state index in [0.717, 1.165) is 6.54 Å². The standard InChI is InChI=1S/C13H24N6O/c1-5-20-13-16-11(18-14)15-12(17-13)19-7-8(2)6-9(3)10(19)4/h8-10H,5-7,14H2,1-4H3,(H,15,16,17,18). The molecule has 0 spiro atoms. The molecule has 3 N–H and O–H groups in total. The van der Waals surface area contributed by atoms with Gasteiger partial charge >= 0.3 is 6.01 Å². The molecule has 7 nitrogen and oxygen atoms in total. The highest BCUT2D eigenvalue weighted by atomic mass is 16.5. The van der Waals surface area contributed by atoms with Gasteiger partial charge in [0, 0.05) is 12.6 Å². The molecule has 0 bridgehead atoms. The number of nitrogens with one attached hydrogen (secondary N) is 1. The summed E-state index contributed by atoms with van der Waals surface area (Å²) in [5, 5.41) is 0. The third-order valence-corrected chi connectivity index (χ3v) is 3.86. The summed E-state index contributed by atoms with van der Waals surface area (Å²) < 4.78 is 5.38. The van der Waals surface area contributed by atoms with Gasteiger partial charge < -0.3 is 9.64 Å². The molecule has 20 heavy (non-hydrogen) atoms. The summed E-state index contributed by atoms with van der Waals surface area (Å²) in [6, 6.07) is 0.692. The van der Waals surface area contributed by atoms with Crippen molar-refractivity contribution in [2.45, 2.75) is 40.2 Å². The van der Waals surface area contributed by atoms with Crippen molar-refractivity contribution in [1.82, 2.24) is 15.0 Å². The summed E-state index contributed by atoms with van der Waals surface area (Å²) in [4.78, 5) is 15.1. The topological polar surface area (TPSA) is 89.2 Å². The van der Waals surface area contributed by atoms with Crippen molar-refractivity contribution in [2.24, 2.45) is 17.7 Å². The lowest BCUT2D eigenvalue weighted by Gasteiger charge is -2.41. The van der Waals surface area contributed by atoms with E-state index in [1.807, 2.05) is 6.92 Å². The quantitative estimate of drug-likeness (QED) is 0.637. The summed E-state index contributed by atoms with van der Waals surface area (Å²) in [6.45, 7) is 10.1. The minimum Gasteiger partial charge on any atom is -0.464 e. The monoisotopic (exact) mass is 280 g/mol. The van der Waals surface area contributed by atoms with Gasteiger partial charge in [-0.2, -0.15) is 15.0 Å². The Labute approximate surface area is 119 Å². The van der Waals surface area contributed by atoms with Crippen LogP contribution in [0.15, 0.2) is 0 Å². The molecule has 1 aromatic heterocycles. The Morgan fingerprint density at radius 2 is 2.05 bits per heavy atom. The van der Waals surface area contributed by atoms with E-state index in [1.54, 1.807) is 0 Å². The maximum absolute atomic E-state index is 5.43. The maximum Gasteiger partial charge on any atom is 0.323 e. The minimum atomic E-state index is 0.309. The van der Waals surface area contributed by atoms with Crippen molar-refractivity contribution in [3.63, 3.8) is 0 Å². The fraction of sp³-hybridized carbons (Fsp3) is 0.769. The van der Waals surface area contributed by atoms with Crippen molar-refractivity contribution in [3.05, 3.63) is 0 Å². The molecule has 0 aromatic carbocycles. The minimum absolute atomic E-state index is 0.309. The predicted octanol–water partition coefficient (Wildman–Crippen LogP) is 1.43. The summed E-state index contributed by atoms with van der Waals surface area (Å²) >= 11 is 0. The number of nitrogens with zero attached hydrogens (tertiary/aromatic N) is 4. The normalized spacial score (nSPS) is 26.4. The molecule has 3 unspecified atom stereocenters. The van der Waals surface area contributed by atoms with E-state index in [2.05, 4.69) is 46.0 Å². The second-order valence-electron chi connectivity index (χ2n) is 5.53. The summed E-state index contributed by atoms with van der Waals surface area (Å²) in [5.41, 5.74) is 2.47. The molecule has 1 aromatic rings. The second-order valence-corrected chi connectivity index (χ2v) is 5.53. The van der Waals surface area contributed by atoms with Gasteiger partial charge in [0.15, 0.2) is 0 Å². The third kappa shape index (κ3) is 3.09. The summed E-state index contributed by atoms with van der Waals surface area (Å²) in [6.07, 6.45) is 1.23. The van der Waals surface area contributed by atoms with E-state index in [1.165, 1.54) is 6.42 Å². The van der Waals surface area contributed by atoms with Crippen LogP contribution in [0.3, 0.4) is 0 Å². The van der Waals surface area contributed by atoms with Gasteiger partial charge in [0.25, 0.3) is 0 Å². The molecule has 1 fully saturated rings. The molecule has 1 saturated heterocycles. The van der Waals surface area contributed by atoms with Crippen LogP contribution in [0.5, 0.6) is 6.01 Å². The number of ether oxygens (including phenoxy) is 1. The van der Waals surface area contributed by atoms with Gasteiger partial charge in [-0.25, -0.2) is 5.84 Å². The maximum atomic E-state index is 5.43. The lowest BCUT2D eigenvalue weighted by atomic mass is 9.86. The van der Waals surface area contributed by atoms with Gasteiger partial charge in [0.2, 0.25) is 11.9 Å². The highest BCUT2D eigenvalue weighted by Gasteiger charge is 2.31. The number of piperidine rings is 1. The Morgan fingerprint density at radius 3 is 2.70 bits per heavy atom. The summed E-state index contributed by atoms with van der Waals surface area (Å²) in [5.74, 6) is 7.59. The van der Waals surface area contributed by atoms with Crippen molar-refractivity contribution in [2.75, 3.05) is 23.5 Å². The Morgan fingerprint density at radius 1 is 1.30 bits per heavy atom. The molecule has 0 radical (unpaired) electrons. The van der Waals surface area contributed by atoms with Crippen LogP contribution >= 0.6 is 0 Å². The number of nitrogen functional groups attached to an aromatic ring is 1. The zero-order valence-corrected chi connectivity index (χ0v) is 12.6. The number of hydrogen-bond donors (Lipinski definition) is 2. The molecule has 0 aliphatic carbocycles. The molecule has 0 saturated carbocycles. The lowest BCUT2D eigenvalue weighted by molar-refractivity contribution is 0.288. The fourth-order valence-electron chi connectivity index (χ4n) is 2.71. The third-order valence-electron chi connectivity index (χ3n) is 3.86. The molecule has 2 heterocycles. The van der Waals surface area contributed by atoms with Crippen LogP contribution in [0.4, 0.5) is 11.9 Å². The van der Waals surface area contributed by atoms with Gasteiger partial charge in [-0.15, -0.1) is 0 Å². The first-order chi connectivity index (χ1) is 9.55. The number of rotatable bonds is 4. The van der Waals surface area contributed by atoms with E-state index in [4.69, 9.17) is 10.6 Å². The molecule has 3 atom stereocenters. The predicted molar refractivity (Wildman–Crippen MR) is 78.6 cm³/mol. The molecule has 2 rings (SSSR count). The van der Waals surface area contributed by atoms with Gasteiger partial charge in [-0.3, -0.25) is 5.43 Å². The number of anilines is 2. The van der Waals surface area contributed by atoms with Crippen molar-refractivity contribution in [1.29, 1.82) is 0 Å². The number of aromatic nitrogens is 3. The zero-order chi connectivity index (χ0) is 14.7. The molecule has 1 aliphatic heterocycles. The first-order valence-corrected chi connectivity index (χ1v) is 7.17. The van der Waals surface area contributed by atoms with Gasteiger partial charge in [-0.1, -0.05) is 13.8 Å². The average Bonchev–Trinajstić information content (AvgIpc) is 2.42. The second kappa shape index (κ2) is 6.21. The van der Waals surface area contributed by atoms with Crippen LogP contribution in [-0.2, 0) is 0 Å². The first kappa shape index (κ1) is 14.8. The average molecular weight is 280 g/mol. The van der Waals surface area contributed by atoms with Crippen LogP contribution in [0.2, 0.25) is 0 Å². The van der Waals surface area contributed by atoms with Crippen LogP contribution in [0.25, 0.3) is 0 Å². The number of hydrogen-bond acceptors (Lipinski definition) is 7. The zero-order valence-electron chi connectivity index (χ0n) is 12.6. The van der Waals surface area contributed by atoms with Crippen LogP contribution in [0.1, 0.15) is 34.1 Å². The van der Waals surface area contributed by atoms with Crippen LogP contribution in [-0.4, -0.2) is 34.1 Å². The fourth-order valence-corrected chi connectivity index (χ4v) is 2.71. The van der Waals surface area contributed by atoms with Gasteiger partial charge in [-0.05, 0) is 32.1 Å². The molecular formula is C13H24N6O. The molecule has 1 aliphatic rings. The highest BCUT2D eigenvalue weighted by molar-refractivity contribution is 5.39. The molecule has 0 amide bonds. The molecular weight excluding hydrogens is 256 g/mol. The Hall–Kier alpha value is -1.63. The van der Waals surface area contributed by atoms with Crippen LogP contribution < -0.4 is 20.9 Å². The van der Waals surface area contributed by atoms with E-state index >= 15 is 0 Å². The van der Waals surface area contributed by atoms with E-state index in [-0.39, 0.29) is 0 Å². The lowest BCUT2D eigenvalue weighted by Crippen LogP contribution is -2.46. The Bertz CT molecular complexity index is 454. The van der Waals surface area contributed by atoms with E-state index < -0.39 is 0 Å². The molecule has 7 heteroatoms. The van der Waals surface area contributed by atoms with Crippen molar-refractivity contribution < 1.29 is 4.74 Å². The largest absolute Gasteiger partial charge is 0.464 e. The van der Waals surface area contributed by atoms with E-state index in [0.29, 0.717) is 42.4 Å². The highest BCUT2D eigenvalue weighted by Crippen LogP contribution is 2.30. The Kier molecular flexibility index (Phi) is 4.59. The van der Waals surface area contributed by atoms with Crippen LogP contribution in [0, 0.1) is 11.8 Å². The number of hydrazine groups is 1. The van der Waals surface area contributed by atoms with Crippen molar-refractivity contribution >= 4 is 11.9 Å². The summed E-state index contributed by atoms with van der Waals surface area (Å²) in [7, 11) is 0. The molecule has 112 valence electrons. The van der Waals surface area contributed by atoms with Crippen molar-refractivity contribution in [3.8, 4) is 6.01 Å². The smallest absolute Gasteiger partial charge is 0.323 e. The SMILES string of the molecule is CCOc1nc(NN)nc(N2CC(C)CC(C)C2C)n1. The number of nitrogens with two attached hydrogens (primary N) is 1. The van der Waals surface area contributed by atoms with E-state index in [9.17, 15) is 0 Å². The Balaban J connectivity index is 2.32.